The maximum Gasteiger partial charge on any atom is 0.408 e. The molecule has 0 aliphatic heterocycles. The summed E-state index contributed by atoms with van der Waals surface area (Å²) in [5.74, 6) is -0.155. The smallest absolute Gasteiger partial charge is 0.307 e. The van der Waals surface area contributed by atoms with Crippen LogP contribution in [0, 0.1) is 5.92 Å². The zero-order valence-corrected chi connectivity index (χ0v) is 21.6. The molecule has 2 N–H and O–H groups in total. The van der Waals surface area contributed by atoms with Crippen LogP contribution in [0.3, 0.4) is 0 Å². The van der Waals surface area contributed by atoms with E-state index in [0.717, 1.165) is 70.5 Å². The lowest BCUT2D eigenvalue weighted by Gasteiger charge is -2.25. The summed E-state index contributed by atoms with van der Waals surface area (Å²) in [6.07, 6.45) is 10.3. The van der Waals surface area contributed by atoms with Gasteiger partial charge in [-0.05, 0) is 79.2 Å². The van der Waals surface area contributed by atoms with Crippen molar-refractivity contribution in [1.29, 1.82) is 0 Å². The van der Waals surface area contributed by atoms with E-state index in [1.165, 1.54) is 17.2 Å². The molecule has 1 aromatic heterocycles. The summed E-state index contributed by atoms with van der Waals surface area (Å²) in [5.41, 5.74) is 5.43. The van der Waals surface area contributed by atoms with Gasteiger partial charge in [0.1, 0.15) is 6.54 Å². The van der Waals surface area contributed by atoms with Gasteiger partial charge in [0.05, 0.1) is 12.2 Å². The third-order valence-electron chi connectivity index (χ3n) is 7.16. The molecule has 1 unspecified atom stereocenters. The maximum absolute atomic E-state index is 13.4. The van der Waals surface area contributed by atoms with E-state index in [1.807, 2.05) is 24.3 Å². The number of nitrogens with one attached hydrogen (secondary N) is 2. The predicted octanol–water partition coefficient (Wildman–Crippen LogP) is 4.42. The van der Waals surface area contributed by atoms with Crippen LogP contribution in [-0.2, 0) is 49.0 Å². The van der Waals surface area contributed by atoms with Gasteiger partial charge >= 0.3 is 22.4 Å². The van der Waals surface area contributed by atoms with Crippen molar-refractivity contribution in [3.8, 4) is 0 Å². The van der Waals surface area contributed by atoms with Gasteiger partial charge in [-0.1, -0.05) is 30.4 Å². The Hall–Kier alpha value is -3.12. The Morgan fingerprint density at radius 3 is 2.45 bits per heavy atom. The average Bonchev–Trinajstić information content (AvgIpc) is 3.59. The lowest BCUT2D eigenvalue weighted by Crippen LogP contribution is -2.46. The molecule has 0 saturated carbocycles. The van der Waals surface area contributed by atoms with E-state index in [1.54, 1.807) is 0 Å². The van der Waals surface area contributed by atoms with Crippen LogP contribution in [0.1, 0.15) is 47.2 Å². The molecule has 0 saturated heterocycles. The topological polar surface area (TPSA) is 96.3 Å². The standard InChI is InChI=1S/C26H30F3N5O3S/c27-26(28,29)17-33-13-12-21(31-33)16-34(15-18-6-2-1-3-7-18)38(36,37)32-25(35)30-24-22-10-4-8-19(22)14-20-9-5-11-23(20)24/h1-3,6,12-14,18H,4-5,7-11,15-17H2,(H2,30,32,35). The summed E-state index contributed by atoms with van der Waals surface area (Å²) in [7, 11) is -4.35. The SMILES string of the molecule is O=C(Nc1c2c(cc3c1CCC3)CCC2)NS(=O)(=O)N(Cc1ccn(CC(F)(F)F)n1)CC1C=CC=CC1. The Balaban J connectivity index is 1.34. The zero-order chi connectivity index (χ0) is 26.9. The van der Waals surface area contributed by atoms with Crippen molar-refractivity contribution in [2.24, 2.45) is 5.92 Å². The number of benzene rings is 1. The molecule has 8 nitrogen and oxygen atoms in total. The van der Waals surface area contributed by atoms with Gasteiger partial charge in [-0.25, -0.2) is 9.52 Å². The fraction of sp³-hybridized carbons (Fsp3) is 0.462. The van der Waals surface area contributed by atoms with Crippen molar-refractivity contribution in [2.75, 3.05) is 11.9 Å². The molecule has 1 aromatic carbocycles. The quantitative estimate of drug-likeness (QED) is 0.510. The van der Waals surface area contributed by atoms with Crippen LogP contribution < -0.4 is 10.0 Å². The molecule has 0 radical (unpaired) electrons. The van der Waals surface area contributed by atoms with E-state index in [4.69, 9.17) is 0 Å². The first-order valence-electron chi connectivity index (χ1n) is 12.8. The molecule has 1 heterocycles. The lowest BCUT2D eigenvalue weighted by atomic mass is 9.99. The van der Waals surface area contributed by atoms with Gasteiger partial charge in [0.15, 0.2) is 0 Å². The molecule has 204 valence electrons. The number of aromatic nitrogens is 2. The number of allylic oxidation sites excluding steroid dienone is 3. The number of fused-ring (bicyclic) bond motifs is 2. The molecular formula is C26H30F3N5O3S. The first kappa shape index (κ1) is 26.5. The molecule has 1 atom stereocenters. The molecule has 38 heavy (non-hydrogen) atoms. The third kappa shape index (κ3) is 6.12. The highest BCUT2D eigenvalue weighted by Gasteiger charge is 2.31. The number of alkyl halides is 3. The summed E-state index contributed by atoms with van der Waals surface area (Å²) in [6.45, 7) is -1.52. The molecule has 0 fully saturated rings. The highest BCUT2D eigenvalue weighted by molar-refractivity contribution is 7.87. The second-order valence-corrected chi connectivity index (χ2v) is 11.7. The minimum Gasteiger partial charge on any atom is -0.307 e. The van der Waals surface area contributed by atoms with Crippen LogP contribution in [0.15, 0.2) is 42.6 Å². The van der Waals surface area contributed by atoms with Gasteiger partial charge in [0.25, 0.3) is 0 Å². The van der Waals surface area contributed by atoms with Gasteiger partial charge in [0, 0.05) is 18.4 Å². The Morgan fingerprint density at radius 2 is 1.82 bits per heavy atom. The number of carbonyl (C=O) groups excluding carboxylic acids is 1. The van der Waals surface area contributed by atoms with E-state index < -0.39 is 29.0 Å². The van der Waals surface area contributed by atoms with Crippen molar-refractivity contribution in [1.82, 2.24) is 18.8 Å². The average molecular weight is 550 g/mol. The number of halogens is 3. The van der Waals surface area contributed by atoms with Crippen molar-refractivity contribution in [3.05, 3.63) is 70.6 Å². The number of hydrogen-bond acceptors (Lipinski definition) is 4. The minimum absolute atomic E-state index is 0.0334. The van der Waals surface area contributed by atoms with Crippen LogP contribution >= 0.6 is 0 Å². The fourth-order valence-electron chi connectivity index (χ4n) is 5.50. The van der Waals surface area contributed by atoms with E-state index in [-0.39, 0.29) is 24.7 Å². The van der Waals surface area contributed by atoms with Crippen LogP contribution in [-0.4, -0.2) is 41.3 Å². The van der Waals surface area contributed by atoms with Gasteiger partial charge in [-0.15, -0.1) is 0 Å². The molecule has 12 heteroatoms. The van der Waals surface area contributed by atoms with Gasteiger partial charge in [0.2, 0.25) is 0 Å². The highest BCUT2D eigenvalue weighted by Crippen LogP contribution is 2.38. The highest BCUT2D eigenvalue weighted by atomic mass is 32.2. The van der Waals surface area contributed by atoms with Crippen molar-refractivity contribution in [3.63, 3.8) is 0 Å². The van der Waals surface area contributed by atoms with Gasteiger partial charge < -0.3 is 5.32 Å². The first-order valence-corrected chi connectivity index (χ1v) is 14.2. The first-order chi connectivity index (χ1) is 18.1. The minimum atomic E-state index is -4.45. The van der Waals surface area contributed by atoms with Crippen LogP contribution in [0.25, 0.3) is 0 Å². The number of anilines is 1. The Morgan fingerprint density at radius 1 is 1.11 bits per heavy atom. The number of carbonyl (C=O) groups is 1. The molecule has 3 aliphatic rings. The van der Waals surface area contributed by atoms with E-state index in [2.05, 4.69) is 21.2 Å². The largest absolute Gasteiger partial charge is 0.408 e. The summed E-state index contributed by atoms with van der Waals surface area (Å²) in [4.78, 5) is 13.0. The normalized spacial score (nSPS) is 18.6. The number of nitrogens with zero attached hydrogens (tertiary/aromatic N) is 3. The van der Waals surface area contributed by atoms with Crippen LogP contribution in [0.2, 0.25) is 0 Å². The number of urea groups is 1. The number of aryl methyl sites for hydroxylation is 2. The molecule has 2 amide bonds. The van der Waals surface area contributed by atoms with Crippen molar-refractivity contribution < 1.29 is 26.4 Å². The second kappa shape index (κ2) is 10.6. The molecule has 2 aromatic rings. The number of amides is 2. The fourth-order valence-corrected chi connectivity index (χ4v) is 6.61. The zero-order valence-electron chi connectivity index (χ0n) is 20.8. The summed E-state index contributed by atoms with van der Waals surface area (Å²) in [6, 6.07) is 2.71. The molecule has 0 spiro atoms. The Labute approximate surface area is 219 Å². The third-order valence-corrected chi connectivity index (χ3v) is 8.56. The summed E-state index contributed by atoms with van der Waals surface area (Å²) < 4.78 is 69.0. The summed E-state index contributed by atoms with van der Waals surface area (Å²) >= 11 is 0. The monoisotopic (exact) mass is 549 g/mol. The molecule has 3 aliphatic carbocycles. The Bertz CT molecular complexity index is 1350. The number of rotatable bonds is 8. The van der Waals surface area contributed by atoms with Crippen molar-refractivity contribution >= 4 is 21.9 Å². The van der Waals surface area contributed by atoms with Crippen LogP contribution in [0.5, 0.6) is 0 Å². The van der Waals surface area contributed by atoms with Crippen molar-refractivity contribution in [2.45, 2.75) is 64.2 Å². The van der Waals surface area contributed by atoms with E-state index >= 15 is 0 Å². The number of hydrogen-bond donors (Lipinski definition) is 2. The van der Waals surface area contributed by atoms with E-state index in [0.29, 0.717) is 6.42 Å². The molecular weight excluding hydrogens is 519 g/mol. The lowest BCUT2D eigenvalue weighted by molar-refractivity contribution is -0.142. The van der Waals surface area contributed by atoms with Crippen LogP contribution in [0.4, 0.5) is 23.7 Å². The molecule has 5 rings (SSSR count). The van der Waals surface area contributed by atoms with Gasteiger partial charge in [-0.3, -0.25) is 4.68 Å². The predicted molar refractivity (Wildman–Crippen MR) is 137 cm³/mol. The maximum atomic E-state index is 13.4. The van der Waals surface area contributed by atoms with Gasteiger partial charge in [-0.2, -0.15) is 31.0 Å². The second-order valence-electron chi connectivity index (χ2n) is 10.0. The Kier molecular flexibility index (Phi) is 7.36. The summed E-state index contributed by atoms with van der Waals surface area (Å²) in [5, 5.41) is 6.72. The van der Waals surface area contributed by atoms with E-state index in [9.17, 15) is 26.4 Å². The molecule has 0 bridgehead atoms.